The molecule has 5 unspecified atom stereocenters. The maximum Gasteiger partial charge on any atom is 0.134 e. The first-order valence-electron chi connectivity index (χ1n) is 7.31. The molecule has 2 heterocycles. The van der Waals surface area contributed by atoms with Crippen LogP contribution in [-0.2, 0) is 4.74 Å². The minimum atomic E-state index is -0.613. The van der Waals surface area contributed by atoms with Gasteiger partial charge in [-0.15, -0.1) is 0 Å². The first-order valence-corrected chi connectivity index (χ1v) is 7.31. The van der Waals surface area contributed by atoms with E-state index in [9.17, 15) is 5.11 Å². The molecule has 1 fully saturated rings. The maximum absolute atomic E-state index is 10.7. The molecule has 1 aromatic heterocycles. The molecule has 0 aliphatic carbocycles. The van der Waals surface area contributed by atoms with Crippen LogP contribution in [0.25, 0.3) is 11.0 Å². The number of aryl methyl sites for hydroxylation is 1. The molecule has 0 radical (unpaired) electrons. The molecule has 20 heavy (non-hydrogen) atoms. The number of fused-ring (bicyclic) bond motifs is 1. The molecule has 108 valence electrons. The van der Waals surface area contributed by atoms with Crippen molar-refractivity contribution in [2.75, 3.05) is 0 Å². The van der Waals surface area contributed by atoms with Crippen molar-refractivity contribution in [2.24, 2.45) is 11.8 Å². The van der Waals surface area contributed by atoms with Crippen LogP contribution >= 0.6 is 0 Å². The fourth-order valence-corrected chi connectivity index (χ4v) is 3.36. The molecule has 2 aromatic rings. The van der Waals surface area contributed by atoms with E-state index in [-0.39, 0.29) is 18.1 Å². The predicted octanol–water partition coefficient (Wildman–Crippen LogP) is 3.83. The molecule has 3 nitrogen and oxygen atoms in total. The van der Waals surface area contributed by atoms with Crippen LogP contribution in [0.15, 0.2) is 28.7 Å². The molecule has 3 heteroatoms. The zero-order chi connectivity index (χ0) is 14.4. The standard InChI is InChI=1S/C17H22O3/c1-9-5-6-14-13(7-9)8-15(20-14)17(18)16-10(2)11(3)19-12(16)4/h5-8,10-12,16-18H,1-4H3. The Morgan fingerprint density at radius 3 is 2.50 bits per heavy atom. The highest BCUT2D eigenvalue weighted by atomic mass is 16.5. The van der Waals surface area contributed by atoms with E-state index in [1.165, 1.54) is 5.56 Å². The van der Waals surface area contributed by atoms with E-state index in [2.05, 4.69) is 26.8 Å². The molecule has 5 atom stereocenters. The van der Waals surface area contributed by atoms with Crippen LogP contribution in [0.2, 0.25) is 0 Å². The van der Waals surface area contributed by atoms with E-state index >= 15 is 0 Å². The summed E-state index contributed by atoms with van der Waals surface area (Å²) < 4.78 is 11.6. The van der Waals surface area contributed by atoms with Crippen molar-refractivity contribution in [3.8, 4) is 0 Å². The van der Waals surface area contributed by atoms with Gasteiger partial charge in [-0.1, -0.05) is 18.6 Å². The van der Waals surface area contributed by atoms with Crippen LogP contribution in [0, 0.1) is 18.8 Å². The van der Waals surface area contributed by atoms with E-state index in [4.69, 9.17) is 9.15 Å². The Bertz CT molecular complexity index is 616. The minimum Gasteiger partial charge on any atom is -0.458 e. The van der Waals surface area contributed by atoms with Crippen molar-refractivity contribution >= 4 is 11.0 Å². The third-order valence-corrected chi connectivity index (χ3v) is 4.67. The normalized spacial score (nSPS) is 31.9. The highest BCUT2D eigenvalue weighted by Gasteiger charge is 2.42. The van der Waals surface area contributed by atoms with Crippen molar-refractivity contribution in [1.82, 2.24) is 0 Å². The molecule has 3 rings (SSSR count). The lowest BCUT2D eigenvalue weighted by atomic mass is 9.84. The van der Waals surface area contributed by atoms with Gasteiger partial charge in [0.2, 0.25) is 0 Å². The lowest BCUT2D eigenvalue weighted by Crippen LogP contribution is -2.24. The average Bonchev–Trinajstić information content (AvgIpc) is 2.91. The Hall–Kier alpha value is -1.32. The summed E-state index contributed by atoms with van der Waals surface area (Å²) in [5.74, 6) is 1.04. The molecule has 1 saturated heterocycles. The molecule has 1 aliphatic rings. The molecule has 0 bridgehead atoms. The van der Waals surface area contributed by atoms with Crippen LogP contribution in [-0.4, -0.2) is 17.3 Å². The molecule has 1 aromatic carbocycles. The summed E-state index contributed by atoms with van der Waals surface area (Å²) in [6, 6.07) is 8.01. The maximum atomic E-state index is 10.7. The zero-order valence-electron chi connectivity index (χ0n) is 12.5. The highest BCUT2D eigenvalue weighted by molar-refractivity contribution is 5.78. The van der Waals surface area contributed by atoms with E-state index in [1.54, 1.807) is 0 Å². The summed E-state index contributed by atoms with van der Waals surface area (Å²) >= 11 is 0. The second kappa shape index (κ2) is 4.90. The number of rotatable bonds is 2. The molecular formula is C17H22O3. The minimum absolute atomic E-state index is 0.0462. The first-order chi connectivity index (χ1) is 9.47. The summed E-state index contributed by atoms with van der Waals surface area (Å²) in [7, 11) is 0. The summed E-state index contributed by atoms with van der Waals surface area (Å²) in [6.07, 6.45) is -0.390. The summed E-state index contributed by atoms with van der Waals surface area (Å²) in [4.78, 5) is 0. The Labute approximate surface area is 119 Å². The van der Waals surface area contributed by atoms with Gasteiger partial charge in [-0.2, -0.15) is 0 Å². The monoisotopic (exact) mass is 274 g/mol. The predicted molar refractivity (Wildman–Crippen MR) is 78.6 cm³/mol. The van der Waals surface area contributed by atoms with Crippen molar-refractivity contribution in [3.05, 3.63) is 35.6 Å². The van der Waals surface area contributed by atoms with Gasteiger partial charge in [0, 0.05) is 11.3 Å². The molecule has 1 N–H and O–H groups in total. The van der Waals surface area contributed by atoms with Crippen molar-refractivity contribution < 1.29 is 14.3 Å². The van der Waals surface area contributed by atoms with Crippen LogP contribution in [0.5, 0.6) is 0 Å². The largest absolute Gasteiger partial charge is 0.458 e. The van der Waals surface area contributed by atoms with Crippen LogP contribution in [0.1, 0.15) is 38.2 Å². The molecular weight excluding hydrogens is 252 g/mol. The fraction of sp³-hybridized carbons (Fsp3) is 0.529. The third-order valence-electron chi connectivity index (χ3n) is 4.67. The number of furan rings is 1. The van der Waals surface area contributed by atoms with Crippen molar-refractivity contribution in [3.63, 3.8) is 0 Å². The first kappa shape index (κ1) is 13.7. The average molecular weight is 274 g/mol. The van der Waals surface area contributed by atoms with E-state index < -0.39 is 6.10 Å². The number of benzene rings is 1. The smallest absolute Gasteiger partial charge is 0.134 e. The van der Waals surface area contributed by atoms with Gasteiger partial charge in [0.15, 0.2) is 0 Å². The second-order valence-electron chi connectivity index (χ2n) is 6.12. The summed E-state index contributed by atoms with van der Waals surface area (Å²) in [5.41, 5.74) is 2.02. The van der Waals surface area contributed by atoms with Crippen LogP contribution in [0.4, 0.5) is 0 Å². The molecule has 1 aliphatic heterocycles. The van der Waals surface area contributed by atoms with E-state index in [0.717, 1.165) is 11.0 Å². The van der Waals surface area contributed by atoms with Crippen molar-refractivity contribution in [1.29, 1.82) is 0 Å². The fourth-order valence-electron chi connectivity index (χ4n) is 3.36. The quantitative estimate of drug-likeness (QED) is 0.905. The van der Waals surface area contributed by atoms with Crippen LogP contribution < -0.4 is 0 Å². The number of hydrogen-bond donors (Lipinski definition) is 1. The molecule has 0 saturated carbocycles. The van der Waals surface area contributed by atoms with Gasteiger partial charge in [-0.3, -0.25) is 0 Å². The number of aliphatic hydroxyl groups excluding tert-OH is 1. The third kappa shape index (κ3) is 2.15. The van der Waals surface area contributed by atoms with Gasteiger partial charge in [-0.05, 0) is 44.9 Å². The number of hydrogen-bond acceptors (Lipinski definition) is 3. The van der Waals surface area contributed by atoms with Gasteiger partial charge in [-0.25, -0.2) is 0 Å². The van der Waals surface area contributed by atoms with Gasteiger partial charge in [0.05, 0.1) is 12.2 Å². The lowest BCUT2D eigenvalue weighted by molar-refractivity contribution is 0.0162. The van der Waals surface area contributed by atoms with Gasteiger partial charge >= 0.3 is 0 Å². The van der Waals surface area contributed by atoms with E-state index in [1.807, 2.05) is 25.1 Å². The van der Waals surface area contributed by atoms with Crippen molar-refractivity contribution in [2.45, 2.75) is 46.0 Å². The Balaban J connectivity index is 1.94. The Morgan fingerprint density at radius 2 is 1.85 bits per heavy atom. The topological polar surface area (TPSA) is 42.6 Å². The van der Waals surface area contributed by atoms with Gasteiger partial charge in [0.25, 0.3) is 0 Å². The zero-order valence-corrected chi connectivity index (χ0v) is 12.5. The van der Waals surface area contributed by atoms with Crippen LogP contribution in [0.3, 0.4) is 0 Å². The number of aliphatic hydroxyl groups is 1. The molecule has 0 spiro atoms. The summed E-state index contributed by atoms with van der Waals surface area (Å²) in [5, 5.41) is 11.7. The Kier molecular flexibility index (Phi) is 3.35. The highest BCUT2D eigenvalue weighted by Crippen LogP contribution is 2.41. The SMILES string of the molecule is Cc1ccc2oc(C(O)C3C(C)OC(C)C3C)cc2c1. The Morgan fingerprint density at radius 1 is 1.10 bits per heavy atom. The lowest BCUT2D eigenvalue weighted by Gasteiger charge is -2.22. The van der Waals surface area contributed by atoms with Gasteiger partial charge in [0.1, 0.15) is 17.4 Å². The second-order valence-corrected chi connectivity index (χ2v) is 6.12. The summed E-state index contributed by atoms with van der Waals surface area (Å²) in [6.45, 7) is 8.28. The van der Waals surface area contributed by atoms with E-state index in [0.29, 0.717) is 11.7 Å². The van der Waals surface area contributed by atoms with Gasteiger partial charge < -0.3 is 14.3 Å². The number of ether oxygens (including phenoxy) is 1. The molecule has 0 amide bonds.